The van der Waals surface area contributed by atoms with E-state index in [0.29, 0.717) is 37.2 Å². The van der Waals surface area contributed by atoms with Crippen LogP contribution in [0.4, 0.5) is 0 Å². The van der Waals surface area contributed by atoms with Crippen LogP contribution in [0.5, 0.6) is 5.75 Å². The van der Waals surface area contributed by atoms with E-state index in [9.17, 15) is 28.8 Å². The first-order valence-corrected chi connectivity index (χ1v) is 15.7. The van der Waals surface area contributed by atoms with E-state index in [1.807, 2.05) is 43.0 Å². The van der Waals surface area contributed by atoms with Crippen LogP contribution >= 0.6 is 0 Å². The molecular formula is C35H46N4O8. The van der Waals surface area contributed by atoms with E-state index in [1.165, 1.54) is 0 Å². The molecule has 2 aromatic carbocycles. The molecule has 0 bridgehead atoms. The van der Waals surface area contributed by atoms with Crippen LogP contribution in [-0.4, -0.2) is 96.0 Å². The fraction of sp³-hybridized carbons (Fsp3) is 0.486. The van der Waals surface area contributed by atoms with Crippen molar-refractivity contribution in [2.45, 2.75) is 59.7 Å². The lowest BCUT2D eigenvalue weighted by Gasteiger charge is -2.35. The second-order valence-electron chi connectivity index (χ2n) is 12.5. The molecule has 3 unspecified atom stereocenters. The number of nitrogens with zero attached hydrogens (tertiary/aromatic N) is 3. The molecule has 1 aliphatic heterocycles. The molecule has 1 heterocycles. The predicted octanol–water partition coefficient (Wildman–Crippen LogP) is 2.34. The molecule has 2 N–H and O–H groups in total. The van der Waals surface area contributed by atoms with Gasteiger partial charge in [0.05, 0.1) is 11.5 Å². The summed E-state index contributed by atoms with van der Waals surface area (Å²) in [5.41, 5.74) is 2.72. The largest absolute Gasteiger partial charge is 0.488 e. The lowest BCUT2D eigenvalue weighted by molar-refractivity contribution is -0.136. The second-order valence-corrected chi connectivity index (χ2v) is 12.5. The van der Waals surface area contributed by atoms with E-state index in [0.717, 1.165) is 49.1 Å². The number of benzene rings is 2. The second kappa shape index (κ2) is 16.9. The van der Waals surface area contributed by atoms with E-state index in [1.54, 1.807) is 32.0 Å². The SMILES string of the molecule is CO.Cc1cccc(OCc2ccc(CN3CCN(C(=O)C4C(C=O)C4(C)C)CC3)cc2)c1C(=O)N(C=O)C(C)CCC(=O)NC=O. The summed E-state index contributed by atoms with van der Waals surface area (Å²) >= 11 is 0. The van der Waals surface area contributed by atoms with Gasteiger partial charge in [0.2, 0.25) is 24.6 Å². The molecular weight excluding hydrogens is 604 g/mol. The average Bonchev–Trinajstić information content (AvgIpc) is 3.64. The Labute approximate surface area is 276 Å². The number of rotatable bonds is 14. The van der Waals surface area contributed by atoms with Crippen LogP contribution in [0.2, 0.25) is 0 Å². The number of nitrogens with one attached hydrogen (secondary N) is 1. The molecule has 254 valence electrons. The van der Waals surface area contributed by atoms with Gasteiger partial charge < -0.3 is 19.5 Å². The number of amides is 5. The number of carbonyl (C=O) groups excluding carboxylic acids is 6. The summed E-state index contributed by atoms with van der Waals surface area (Å²) in [6, 6.07) is 12.7. The van der Waals surface area contributed by atoms with Gasteiger partial charge in [-0.25, -0.2) is 0 Å². The number of aliphatic hydroxyl groups is 1. The van der Waals surface area contributed by atoms with Crippen LogP contribution in [-0.2, 0) is 37.1 Å². The zero-order valence-electron chi connectivity index (χ0n) is 27.8. The zero-order valence-corrected chi connectivity index (χ0v) is 27.8. The molecule has 4 rings (SSSR count). The Bertz CT molecular complexity index is 1420. The lowest BCUT2D eigenvalue weighted by Crippen LogP contribution is -2.49. The molecule has 5 amide bonds. The molecule has 2 aromatic rings. The first-order valence-electron chi connectivity index (χ1n) is 15.7. The topological polar surface area (TPSA) is 154 Å². The molecule has 1 saturated carbocycles. The Balaban J connectivity index is 0.00000294. The maximum Gasteiger partial charge on any atom is 0.264 e. The number of aliphatic hydroxyl groups excluding tert-OH is 1. The third kappa shape index (κ3) is 9.11. The van der Waals surface area contributed by atoms with Crippen molar-refractivity contribution in [3.63, 3.8) is 0 Å². The zero-order chi connectivity index (χ0) is 34.7. The molecule has 3 atom stereocenters. The Morgan fingerprint density at radius 1 is 1.02 bits per heavy atom. The summed E-state index contributed by atoms with van der Waals surface area (Å²) in [6.45, 7) is 11.2. The molecule has 0 spiro atoms. The highest BCUT2D eigenvalue weighted by atomic mass is 16.5. The number of ether oxygens (including phenoxy) is 1. The van der Waals surface area contributed by atoms with E-state index in [2.05, 4.69) is 10.2 Å². The van der Waals surface area contributed by atoms with Gasteiger partial charge in [0.1, 0.15) is 18.6 Å². The summed E-state index contributed by atoms with van der Waals surface area (Å²) in [7, 11) is 1.00. The third-order valence-corrected chi connectivity index (χ3v) is 9.11. The quantitative estimate of drug-likeness (QED) is 0.293. The number of aryl methyl sites for hydroxylation is 1. The van der Waals surface area contributed by atoms with Crippen molar-refractivity contribution in [3.8, 4) is 5.75 Å². The van der Waals surface area contributed by atoms with Crippen LogP contribution in [0, 0.1) is 24.2 Å². The molecule has 1 aliphatic carbocycles. The van der Waals surface area contributed by atoms with Crippen molar-refractivity contribution >= 4 is 36.8 Å². The van der Waals surface area contributed by atoms with Crippen molar-refractivity contribution in [1.29, 1.82) is 0 Å². The van der Waals surface area contributed by atoms with Crippen LogP contribution in [0.3, 0.4) is 0 Å². The van der Waals surface area contributed by atoms with Gasteiger partial charge in [0.25, 0.3) is 5.91 Å². The number of hydrogen-bond acceptors (Lipinski definition) is 9. The minimum Gasteiger partial charge on any atom is -0.488 e. The highest BCUT2D eigenvalue weighted by Gasteiger charge is 2.62. The van der Waals surface area contributed by atoms with Gasteiger partial charge in [-0.2, -0.15) is 0 Å². The number of imide groups is 2. The highest BCUT2D eigenvalue weighted by Crippen LogP contribution is 2.57. The van der Waals surface area contributed by atoms with E-state index >= 15 is 0 Å². The Kier molecular flexibility index (Phi) is 13.3. The maximum atomic E-state index is 13.4. The number of piperazine rings is 1. The summed E-state index contributed by atoms with van der Waals surface area (Å²) in [5.74, 6) is -0.950. The Morgan fingerprint density at radius 3 is 2.23 bits per heavy atom. The molecule has 2 fully saturated rings. The van der Waals surface area contributed by atoms with Crippen molar-refractivity contribution in [2.24, 2.45) is 17.3 Å². The number of aldehydes is 1. The molecule has 0 aromatic heterocycles. The first-order chi connectivity index (χ1) is 22.5. The van der Waals surface area contributed by atoms with Crippen molar-refractivity contribution in [1.82, 2.24) is 20.0 Å². The van der Waals surface area contributed by atoms with Gasteiger partial charge in [0, 0.05) is 58.2 Å². The van der Waals surface area contributed by atoms with Gasteiger partial charge in [-0.15, -0.1) is 0 Å². The van der Waals surface area contributed by atoms with Crippen LogP contribution < -0.4 is 10.1 Å². The minimum absolute atomic E-state index is 0.0116. The molecule has 1 saturated heterocycles. The smallest absolute Gasteiger partial charge is 0.264 e. The fourth-order valence-electron chi connectivity index (χ4n) is 6.02. The van der Waals surface area contributed by atoms with Gasteiger partial charge >= 0.3 is 0 Å². The molecule has 2 aliphatic rings. The van der Waals surface area contributed by atoms with Crippen molar-refractivity contribution < 1.29 is 38.6 Å². The van der Waals surface area contributed by atoms with E-state index < -0.39 is 17.9 Å². The first kappa shape index (κ1) is 37.0. The van der Waals surface area contributed by atoms with E-state index in [4.69, 9.17) is 9.84 Å². The molecule has 47 heavy (non-hydrogen) atoms. The summed E-state index contributed by atoms with van der Waals surface area (Å²) in [5, 5.41) is 9.05. The van der Waals surface area contributed by atoms with Crippen molar-refractivity contribution in [2.75, 3.05) is 33.3 Å². The predicted molar refractivity (Wildman–Crippen MR) is 174 cm³/mol. The van der Waals surface area contributed by atoms with Gasteiger partial charge in [-0.3, -0.25) is 39.1 Å². The van der Waals surface area contributed by atoms with Crippen molar-refractivity contribution in [3.05, 3.63) is 64.7 Å². The fourth-order valence-corrected chi connectivity index (χ4v) is 6.02. The Morgan fingerprint density at radius 2 is 1.66 bits per heavy atom. The third-order valence-electron chi connectivity index (χ3n) is 9.11. The monoisotopic (exact) mass is 650 g/mol. The van der Waals surface area contributed by atoms with E-state index in [-0.39, 0.29) is 48.2 Å². The average molecular weight is 651 g/mol. The maximum absolute atomic E-state index is 13.4. The standard InChI is InChI=1S/C34H42N4O7.CH4O/c1-23-6-5-7-28(30(23)32(43)38(22-41)24(2)8-13-29(42)35-21-40)45-20-26-11-9-25(10-12-26)18-36-14-16-37(17-15-36)33(44)31-27(19-39)34(31,3)4;1-2/h5-7,9-12,19,21-22,24,27,31H,8,13-18,20H2,1-4H3,(H,35,40,42);2H,1H3. The number of carbonyl (C=O) groups is 6. The highest BCUT2D eigenvalue weighted by molar-refractivity contribution is 6.03. The summed E-state index contributed by atoms with van der Waals surface area (Å²) < 4.78 is 6.07. The molecule has 12 heteroatoms. The van der Waals surface area contributed by atoms with Crippen LogP contribution in [0.25, 0.3) is 0 Å². The summed E-state index contributed by atoms with van der Waals surface area (Å²) in [6.07, 6.45) is 1.86. The Hall–Kier alpha value is -4.42. The lowest BCUT2D eigenvalue weighted by atomic mass is 10.0. The minimum atomic E-state index is -0.573. The molecule has 12 nitrogen and oxygen atoms in total. The van der Waals surface area contributed by atoms with Gasteiger partial charge in [-0.05, 0) is 48.4 Å². The summed E-state index contributed by atoms with van der Waals surface area (Å²) in [4.78, 5) is 76.9. The normalized spacial score (nSPS) is 18.9. The van der Waals surface area contributed by atoms with Crippen LogP contribution in [0.15, 0.2) is 42.5 Å². The molecule has 0 radical (unpaired) electrons. The number of hydrogen-bond donors (Lipinski definition) is 2. The van der Waals surface area contributed by atoms with Crippen LogP contribution in [0.1, 0.15) is 60.7 Å². The van der Waals surface area contributed by atoms with Gasteiger partial charge in [0.15, 0.2) is 0 Å². The van der Waals surface area contributed by atoms with Gasteiger partial charge in [-0.1, -0.05) is 50.2 Å².